The molecule has 0 fully saturated rings. The normalized spacial score (nSPS) is 23.4. The van der Waals surface area contributed by atoms with Crippen molar-refractivity contribution in [2.45, 2.75) is 48.0 Å². The highest BCUT2D eigenvalue weighted by Crippen LogP contribution is 2.49. The van der Waals surface area contributed by atoms with Crippen molar-refractivity contribution in [3.63, 3.8) is 0 Å². The van der Waals surface area contributed by atoms with Crippen LogP contribution in [0, 0.1) is 17.3 Å². The minimum atomic E-state index is -0.0232. The molecule has 3 atom stereocenters. The summed E-state index contributed by atoms with van der Waals surface area (Å²) >= 11 is 0. The van der Waals surface area contributed by atoms with Gasteiger partial charge in [0.05, 0.1) is 0 Å². The van der Waals surface area contributed by atoms with E-state index < -0.39 is 0 Å². The molecule has 0 amide bonds. The molecule has 3 aromatic carbocycles. The highest BCUT2D eigenvalue weighted by Gasteiger charge is 2.35. The minimum Gasteiger partial charge on any atom is -0.0842 e. The van der Waals surface area contributed by atoms with Crippen molar-refractivity contribution in [2.75, 3.05) is 0 Å². The van der Waals surface area contributed by atoms with Gasteiger partial charge in [-0.05, 0) is 63.1 Å². The summed E-state index contributed by atoms with van der Waals surface area (Å²) in [7, 11) is 0. The molecule has 0 saturated carbocycles. The fourth-order valence-corrected chi connectivity index (χ4v) is 5.64. The summed E-state index contributed by atoms with van der Waals surface area (Å²) in [5.41, 5.74) is 5.38. The molecule has 184 valence electrons. The maximum atomic E-state index is 2.44. The Labute approximate surface area is 218 Å². The topological polar surface area (TPSA) is 0 Å². The van der Waals surface area contributed by atoms with Crippen molar-refractivity contribution in [2.24, 2.45) is 17.3 Å². The maximum Gasteiger partial charge on any atom is 0.0148 e. The van der Waals surface area contributed by atoms with Gasteiger partial charge in [0.25, 0.3) is 0 Å². The second-order valence-electron chi connectivity index (χ2n) is 9.82. The van der Waals surface area contributed by atoms with Crippen LogP contribution in [-0.2, 0) is 0 Å². The summed E-state index contributed by atoms with van der Waals surface area (Å²) in [5.74, 6) is 0.757. The van der Waals surface area contributed by atoms with Crippen molar-refractivity contribution in [3.05, 3.63) is 120 Å². The molecule has 0 N–H and O–H groups in total. The molecule has 3 aromatic rings. The molecule has 0 aromatic heterocycles. The van der Waals surface area contributed by atoms with E-state index in [-0.39, 0.29) is 5.41 Å². The molecule has 0 radical (unpaired) electrons. The minimum absolute atomic E-state index is 0.0232. The average molecular weight is 473 g/mol. The fourth-order valence-electron chi connectivity index (χ4n) is 5.64. The summed E-state index contributed by atoms with van der Waals surface area (Å²) in [4.78, 5) is 0. The molecular formula is C36H40. The first kappa shape index (κ1) is 25.7. The van der Waals surface area contributed by atoms with Gasteiger partial charge >= 0.3 is 0 Å². The van der Waals surface area contributed by atoms with Gasteiger partial charge < -0.3 is 0 Å². The molecule has 3 unspecified atom stereocenters. The van der Waals surface area contributed by atoms with E-state index in [4.69, 9.17) is 0 Å². The maximum absolute atomic E-state index is 2.44. The standard InChI is InChI=1S/C34H34.C2H6/c1-5-7-13-25(6-2)32-26-14-8-10-16-28(26)33(29-17-11-9-15-27(29)32)30-18-12-22-34(4)23-21-24(3)19-20-31(30)34;1-2/h6-24,31H,5H2,1-4H3;1-2H3/b13-7-,25-6+;. The third-order valence-electron chi connectivity index (χ3n) is 7.46. The zero-order valence-corrected chi connectivity index (χ0v) is 22.8. The van der Waals surface area contributed by atoms with E-state index in [0.29, 0.717) is 11.8 Å². The van der Waals surface area contributed by atoms with Gasteiger partial charge in [-0.2, -0.15) is 0 Å². The van der Waals surface area contributed by atoms with Crippen molar-refractivity contribution in [1.29, 1.82) is 0 Å². The number of allylic oxidation sites excluding steroid dienone is 12. The third-order valence-corrected chi connectivity index (χ3v) is 7.46. The van der Waals surface area contributed by atoms with Gasteiger partial charge in [-0.3, -0.25) is 0 Å². The molecule has 2 aliphatic rings. The molecule has 0 heterocycles. The lowest BCUT2D eigenvalue weighted by molar-refractivity contribution is 0.471. The van der Waals surface area contributed by atoms with E-state index in [0.717, 1.165) is 6.42 Å². The lowest BCUT2D eigenvalue weighted by atomic mass is 9.67. The van der Waals surface area contributed by atoms with Gasteiger partial charge in [0.2, 0.25) is 0 Å². The Bertz CT molecular complexity index is 1360. The summed E-state index contributed by atoms with van der Waals surface area (Å²) in [6.45, 7) is 13.0. The zero-order chi connectivity index (χ0) is 25.7. The predicted octanol–water partition coefficient (Wildman–Crippen LogP) is 10.7. The molecule has 0 heteroatoms. The fraction of sp³-hybridized carbons (Fsp3) is 0.278. The lowest BCUT2D eigenvalue weighted by Crippen LogP contribution is -2.24. The van der Waals surface area contributed by atoms with Crippen LogP contribution in [-0.4, -0.2) is 0 Å². The quantitative estimate of drug-likeness (QED) is 0.201. The van der Waals surface area contributed by atoms with E-state index in [1.54, 1.807) is 0 Å². The van der Waals surface area contributed by atoms with Crippen LogP contribution in [0.25, 0.3) is 32.7 Å². The smallest absolute Gasteiger partial charge is 0.0148 e. The van der Waals surface area contributed by atoms with Crippen LogP contribution in [0.15, 0.2) is 109 Å². The Morgan fingerprint density at radius 1 is 0.861 bits per heavy atom. The van der Waals surface area contributed by atoms with Gasteiger partial charge in [0, 0.05) is 11.3 Å². The summed E-state index contributed by atoms with van der Waals surface area (Å²) in [6, 6.07) is 17.9. The van der Waals surface area contributed by atoms with E-state index in [9.17, 15) is 0 Å². The van der Waals surface area contributed by atoms with Crippen molar-refractivity contribution < 1.29 is 0 Å². The molecule has 0 aliphatic heterocycles. The van der Waals surface area contributed by atoms with Crippen LogP contribution in [0.1, 0.15) is 59.1 Å². The van der Waals surface area contributed by atoms with Crippen LogP contribution >= 0.6 is 0 Å². The number of hydrogen-bond donors (Lipinski definition) is 0. The van der Waals surface area contributed by atoms with Crippen LogP contribution in [0.5, 0.6) is 0 Å². The highest BCUT2D eigenvalue weighted by atomic mass is 14.4. The molecular weight excluding hydrogens is 432 g/mol. The van der Waals surface area contributed by atoms with E-state index in [2.05, 4.69) is 137 Å². The van der Waals surface area contributed by atoms with Crippen LogP contribution in [0.2, 0.25) is 0 Å². The molecule has 36 heavy (non-hydrogen) atoms. The van der Waals surface area contributed by atoms with Gasteiger partial charge in [-0.15, -0.1) is 0 Å². The summed E-state index contributed by atoms with van der Waals surface area (Å²) in [6.07, 6.45) is 24.4. The van der Waals surface area contributed by atoms with Crippen molar-refractivity contribution >= 4 is 32.7 Å². The van der Waals surface area contributed by atoms with Gasteiger partial charge in [0.15, 0.2) is 0 Å². The van der Waals surface area contributed by atoms with E-state index in [1.807, 2.05) is 13.8 Å². The highest BCUT2D eigenvalue weighted by molar-refractivity contribution is 6.17. The van der Waals surface area contributed by atoms with Crippen molar-refractivity contribution in [1.82, 2.24) is 0 Å². The van der Waals surface area contributed by atoms with Gasteiger partial charge in [-0.1, -0.05) is 144 Å². The van der Waals surface area contributed by atoms with Crippen LogP contribution in [0.3, 0.4) is 0 Å². The SMILES string of the molecule is C/C=C(\C=C/CC)c1c2ccccc2c(C2=CC=CC3(C)C=CC(C)C=CC23)c2ccccc12.CC. The zero-order valence-electron chi connectivity index (χ0n) is 22.8. The first-order valence-corrected chi connectivity index (χ1v) is 13.6. The predicted molar refractivity (Wildman–Crippen MR) is 162 cm³/mol. The Kier molecular flexibility index (Phi) is 7.94. The Morgan fingerprint density at radius 2 is 1.47 bits per heavy atom. The van der Waals surface area contributed by atoms with Crippen molar-refractivity contribution in [3.8, 4) is 0 Å². The molecule has 0 nitrogen and oxygen atoms in total. The third kappa shape index (κ3) is 4.58. The van der Waals surface area contributed by atoms with Crippen LogP contribution in [0.4, 0.5) is 0 Å². The molecule has 2 aliphatic carbocycles. The lowest BCUT2D eigenvalue weighted by Gasteiger charge is -2.36. The second kappa shape index (κ2) is 11.1. The number of benzene rings is 3. The summed E-state index contributed by atoms with van der Waals surface area (Å²) in [5, 5.41) is 5.31. The first-order chi connectivity index (χ1) is 17.6. The van der Waals surface area contributed by atoms with E-state index in [1.165, 1.54) is 43.8 Å². The average Bonchev–Trinajstić information content (AvgIpc) is 3.07. The van der Waals surface area contributed by atoms with E-state index >= 15 is 0 Å². The monoisotopic (exact) mass is 472 g/mol. The molecule has 0 bridgehead atoms. The van der Waals surface area contributed by atoms with Crippen LogP contribution < -0.4 is 0 Å². The van der Waals surface area contributed by atoms with Gasteiger partial charge in [0.1, 0.15) is 0 Å². The largest absolute Gasteiger partial charge is 0.0842 e. The number of rotatable bonds is 4. The van der Waals surface area contributed by atoms with Gasteiger partial charge in [-0.25, -0.2) is 0 Å². The Balaban J connectivity index is 0.00000148. The first-order valence-electron chi connectivity index (χ1n) is 13.6. The molecule has 0 spiro atoms. The number of fused-ring (bicyclic) bond motifs is 3. The molecule has 5 rings (SSSR count). The molecule has 0 saturated heterocycles. The second-order valence-corrected chi connectivity index (χ2v) is 9.82. The summed E-state index contributed by atoms with van der Waals surface area (Å²) < 4.78 is 0. The Morgan fingerprint density at radius 3 is 2.06 bits per heavy atom. The Hall–Kier alpha value is -3.38. The number of hydrogen-bond acceptors (Lipinski definition) is 0.